The van der Waals surface area contributed by atoms with Gasteiger partial charge in [-0.05, 0) is 24.4 Å². The van der Waals surface area contributed by atoms with Crippen molar-refractivity contribution in [3.8, 4) is 0 Å². The maximum atomic E-state index is 5.06. The van der Waals surface area contributed by atoms with Crippen LogP contribution in [0.3, 0.4) is 0 Å². The highest BCUT2D eigenvalue weighted by atomic mass is 32.1. The van der Waals surface area contributed by atoms with E-state index in [9.17, 15) is 0 Å². The minimum Gasteiger partial charge on any atom is -0.685 e. The van der Waals surface area contributed by atoms with Crippen molar-refractivity contribution in [1.82, 2.24) is 7.94 Å². The van der Waals surface area contributed by atoms with Crippen molar-refractivity contribution in [3.63, 3.8) is 0 Å². The van der Waals surface area contributed by atoms with Crippen molar-refractivity contribution in [1.29, 1.82) is 0 Å². The van der Waals surface area contributed by atoms with E-state index >= 15 is 0 Å². The molecule has 0 saturated carbocycles. The van der Waals surface area contributed by atoms with Gasteiger partial charge in [0.1, 0.15) is 0 Å². The zero-order valence-electron chi connectivity index (χ0n) is 5.97. The first-order valence-corrected chi connectivity index (χ1v) is 4.48. The minimum absolute atomic E-state index is 0.537. The van der Waals surface area contributed by atoms with E-state index in [0.717, 1.165) is 11.0 Å². The normalized spacial score (nSPS) is 10.8. The molecule has 2 rings (SSSR count). The largest absolute Gasteiger partial charge is 0.685 e. The van der Waals surface area contributed by atoms with Crippen molar-refractivity contribution in [2.24, 2.45) is 0 Å². The first-order valence-electron chi connectivity index (χ1n) is 3.31. The maximum absolute atomic E-state index is 5.06. The van der Waals surface area contributed by atoms with Gasteiger partial charge in [0.15, 0.2) is 4.77 Å². The molecule has 62 valence electrons. The van der Waals surface area contributed by atoms with E-state index in [2.05, 4.69) is 12.8 Å². The molecule has 2 nitrogen and oxygen atoms in total. The van der Waals surface area contributed by atoms with Gasteiger partial charge >= 0.3 is 0 Å². The Morgan fingerprint density at radius 3 is 2.42 bits per heavy atom. The quantitative estimate of drug-likeness (QED) is 0.408. The highest BCUT2D eigenvalue weighted by molar-refractivity contribution is 7.79. The number of fused-ring (bicyclic) bond motifs is 1. The van der Waals surface area contributed by atoms with Gasteiger partial charge in [-0.1, -0.05) is 24.9 Å². The number of benzene rings is 1. The molecule has 0 unspecified atom stereocenters. The van der Waals surface area contributed by atoms with Crippen molar-refractivity contribution in [2.45, 2.75) is 0 Å². The monoisotopic (exact) mass is 213 g/mol. The molecule has 12 heavy (non-hydrogen) atoms. The number of rotatable bonds is 0. The molecule has 0 spiro atoms. The van der Waals surface area contributed by atoms with Gasteiger partial charge in [0, 0.05) is 5.52 Å². The number of imidazole rings is 1. The van der Waals surface area contributed by atoms with E-state index in [1.54, 1.807) is 3.97 Å². The van der Waals surface area contributed by atoms with Gasteiger partial charge in [0.05, 0.1) is 5.52 Å². The summed E-state index contributed by atoms with van der Waals surface area (Å²) in [7, 11) is 0. The predicted molar refractivity (Wildman–Crippen MR) is 57.9 cm³/mol. The van der Waals surface area contributed by atoms with Crippen LogP contribution in [0.4, 0.5) is 0 Å². The second kappa shape index (κ2) is 2.76. The molecule has 5 heteroatoms. The van der Waals surface area contributed by atoms with Crippen LogP contribution in [0.1, 0.15) is 0 Å². The van der Waals surface area contributed by atoms with E-state index < -0.39 is 0 Å². The SMILES string of the molecule is S=c1n([S-])c2ccccc2n1S. The predicted octanol–water partition coefficient (Wildman–Crippen LogP) is 2.18. The zero-order valence-corrected chi connectivity index (χ0v) is 8.49. The standard InChI is InChI=1S/C7H5N2S3/c10-7-8(11)5-3-1-2-4-6(5)9(7)12/h1-4,11H/q-1. The molecule has 0 fully saturated rings. The van der Waals surface area contributed by atoms with Crippen LogP contribution in [0.5, 0.6) is 0 Å². The minimum atomic E-state index is 0.537. The fraction of sp³-hybridized carbons (Fsp3) is 0. The second-order valence-corrected chi connectivity index (χ2v) is 3.51. The van der Waals surface area contributed by atoms with Crippen LogP contribution in [0.2, 0.25) is 0 Å². The van der Waals surface area contributed by atoms with Gasteiger partial charge in [-0.25, -0.2) is 0 Å². The summed E-state index contributed by atoms with van der Waals surface area (Å²) in [5.41, 5.74) is 1.87. The average molecular weight is 213 g/mol. The van der Waals surface area contributed by atoms with E-state index in [4.69, 9.17) is 25.0 Å². The number of aromatic nitrogens is 2. The summed E-state index contributed by atoms with van der Waals surface area (Å²) >= 11 is 14.3. The van der Waals surface area contributed by atoms with Crippen LogP contribution < -0.4 is 0 Å². The van der Waals surface area contributed by atoms with Crippen LogP contribution in [0.25, 0.3) is 11.0 Å². The van der Waals surface area contributed by atoms with Gasteiger partial charge < -0.3 is 16.8 Å². The van der Waals surface area contributed by atoms with Crippen molar-refractivity contribution in [2.75, 3.05) is 0 Å². The molecule has 0 N–H and O–H groups in total. The molecular weight excluding hydrogens is 208 g/mol. The molecule has 0 amide bonds. The smallest absolute Gasteiger partial charge is 0.171 e. The van der Waals surface area contributed by atoms with E-state index in [0.29, 0.717) is 4.77 Å². The topological polar surface area (TPSA) is 9.86 Å². The highest BCUT2D eigenvalue weighted by Gasteiger charge is 1.99. The van der Waals surface area contributed by atoms with Crippen LogP contribution in [-0.2, 0) is 12.8 Å². The summed E-state index contributed by atoms with van der Waals surface area (Å²) < 4.78 is 3.67. The second-order valence-electron chi connectivity index (χ2n) is 2.38. The Kier molecular flexibility index (Phi) is 1.86. The number of thiol groups is 1. The highest BCUT2D eigenvalue weighted by Crippen LogP contribution is 2.16. The summed E-state index contributed by atoms with van der Waals surface area (Å²) in [5.74, 6) is 0. The van der Waals surface area contributed by atoms with Gasteiger partial charge in [-0.2, -0.15) is 0 Å². The van der Waals surface area contributed by atoms with Crippen molar-refractivity contribution >= 4 is 48.9 Å². The third-order valence-corrected chi connectivity index (χ3v) is 3.07. The fourth-order valence-corrected chi connectivity index (χ4v) is 1.86. The van der Waals surface area contributed by atoms with Crippen LogP contribution in [-0.4, -0.2) is 7.94 Å². The molecule has 0 saturated heterocycles. The first kappa shape index (κ1) is 8.10. The lowest BCUT2D eigenvalue weighted by Gasteiger charge is -2.05. The molecule has 0 bridgehead atoms. The van der Waals surface area contributed by atoms with Gasteiger partial charge in [0.2, 0.25) is 0 Å². The first-order chi connectivity index (χ1) is 5.72. The number of hydrogen-bond acceptors (Lipinski definition) is 3. The Morgan fingerprint density at radius 2 is 1.83 bits per heavy atom. The number of hydrogen-bond donors (Lipinski definition) is 1. The van der Waals surface area contributed by atoms with E-state index in [1.165, 1.54) is 3.97 Å². The molecule has 0 aliphatic rings. The van der Waals surface area contributed by atoms with E-state index in [1.807, 2.05) is 24.3 Å². The Balaban J connectivity index is 3.09. The molecule has 0 atom stereocenters. The Bertz CT molecular complexity index is 441. The van der Waals surface area contributed by atoms with Crippen LogP contribution in [0, 0.1) is 4.77 Å². The Labute approximate surface area is 85.9 Å². The lowest BCUT2D eigenvalue weighted by molar-refractivity contribution is 1.19. The summed E-state index contributed by atoms with van der Waals surface area (Å²) in [6, 6.07) is 7.71. The lowest BCUT2D eigenvalue weighted by Crippen LogP contribution is -1.84. The summed E-state index contributed by atoms with van der Waals surface area (Å²) in [6.07, 6.45) is 0. The molecule has 1 heterocycles. The number of para-hydroxylation sites is 2. The average Bonchev–Trinajstić information content (AvgIpc) is 2.33. The third-order valence-electron chi connectivity index (χ3n) is 1.68. The lowest BCUT2D eigenvalue weighted by atomic mass is 10.3. The molecule has 1 aromatic heterocycles. The third kappa shape index (κ3) is 0.972. The summed E-state index contributed by atoms with van der Waals surface area (Å²) in [5, 5.41) is 0. The summed E-state index contributed by atoms with van der Waals surface area (Å²) in [4.78, 5) is 0. The Hall–Kier alpha value is -0.520. The van der Waals surface area contributed by atoms with Gasteiger partial charge in [-0.3, -0.25) is 3.97 Å². The van der Waals surface area contributed by atoms with Crippen molar-refractivity contribution < 1.29 is 0 Å². The molecule has 0 radical (unpaired) electrons. The molecule has 1 aromatic carbocycles. The summed E-state index contributed by atoms with van der Waals surface area (Å²) in [6.45, 7) is 0. The zero-order chi connectivity index (χ0) is 8.72. The molecule has 2 aromatic rings. The molecular formula is C7H5N2S3-. The van der Waals surface area contributed by atoms with Crippen LogP contribution >= 0.6 is 25.0 Å². The maximum Gasteiger partial charge on any atom is 0.171 e. The van der Waals surface area contributed by atoms with Crippen LogP contribution in [0.15, 0.2) is 24.3 Å². The van der Waals surface area contributed by atoms with Gasteiger partial charge in [0.25, 0.3) is 0 Å². The fourth-order valence-electron chi connectivity index (χ4n) is 1.11. The molecule has 0 aliphatic heterocycles. The van der Waals surface area contributed by atoms with Gasteiger partial charge in [-0.15, -0.1) is 0 Å². The Morgan fingerprint density at radius 1 is 1.25 bits per heavy atom. The van der Waals surface area contributed by atoms with Crippen molar-refractivity contribution in [3.05, 3.63) is 29.0 Å². The molecule has 0 aliphatic carbocycles. The number of nitrogens with zero attached hydrogens (tertiary/aromatic N) is 2. The van der Waals surface area contributed by atoms with E-state index in [-0.39, 0.29) is 0 Å².